The Morgan fingerprint density at radius 1 is 0.625 bits per heavy atom. The number of tetrazole rings is 2. The Morgan fingerprint density at radius 3 is 1.50 bits per heavy atom. The van der Waals surface area contributed by atoms with Crippen molar-refractivity contribution in [1.29, 1.82) is 0 Å². The predicted octanol–water partition coefficient (Wildman–Crippen LogP) is -2.66. The van der Waals surface area contributed by atoms with Gasteiger partial charge in [0.2, 0.25) is 11.6 Å². The third-order valence-electron chi connectivity index (χ3n) is 1.66. The maximum Gasteiger partial charge on any atom is 0.227 e. The van der Waals surface area contributed by atoms with Crippen molar-refractivity contribution in [2.45, 2.75) is 0 Å². The molecule has 3 heterocycles. The predicted molar refractivity (Wildman–Crippen MR) is 46.3 cm³/mol. The molecule has 0 amide bonds. The second-order valence-corrected chi connectivity index (χ2v) is 2.49. The number of rotatable bonds is 2. The lowest BCUT2D eigenvalue weighted by atomic mass is 10.3. The second kappa shape index (κ2) is 3.77. The minimum atomic E-state index is 0. The van der Waals surface area contributed by atoms with Gasteiger partial charge in [0.25, 0.3) is 0 Å². The van der Waals surface area contributed by atoms with Crippen LogP contribution in [0.15, 0.2) is 0 Å². The van der Waals surface area contributed by atoms with Crippen LogP contribution in [-0.2, 0) is 0 Å². The summed E-state index contributed by atoms with van der Waals surface area (Å²) in [4.78, 5) is 0. The van der Waals surface area contributed by atoms with Gasteiger partial charge in [-0.2, -0.15) is 25.8 Å². The van der Waals surface area contributed by atoms with Crippen LogP contribution in [0.5, 0.6) is 0 Å². The van der Waals surface area contributed by atoms with E-state index in [9.17, 15) is 0 Å². The van der Waals surface area contributed by atoms with Gasteiger partial charge in [0, 0.05) is 0 Å². The number of aromatic amines is 3. The highest BCUT2D eigenvalue weighted by atomic mass is 16.0. The highest BCUT2D eigenvalue weighted by Crippen LogP contribution is 2.20. The molecule has 82 valence electrons. The standard InChI is InChI=1S/C4H3N11.H2O/c5-1(3-7-12-13-8-3)2(6-11-5)4-9-14-15-10-4;/h(H,5,6,11)(H,7,8,12,13)(H,9,10,14,15);1H2. The lowest BCUT2D eigenvalue weighted by Gasteiger charge is -1.87. The Bertz CT molecular complexity index is 488. The van der Waals surface area contributed by atoms with Crippen molar-refractivity contribution < 1.29 is 5.48 Å². The summed E-state index contributed by atoms with van der Waals surface area (Å²) in [6.45, 7) is 0. The lowest BCUT2D eigenvalue weighted by Crippen LogP contribution is -1.88. The van der Waals surface area contributed by atoms with E-state index in [4.69, 9.17) is 0 Å². The Balaban J connectivity index is 0.000000963. The molecule has 0 aliphatic heterocycles. The fourth-order valence-corrected chi connectivity index (χ4v) is 1.07. The number of H-pyrrole nitrogens is 3. The van der Waals surface area contributed by atoms with Crippen LogP contribution < -0.4 is 0 Å². The van der Waals surface area contributed by atoms with E-state index in [1.165, 1.54) is 0 Å². The molecule has 0 saturated carbocycles. The number of hydrogen-bond donors (Lipinski definition) is 3. The average Bonchev–Trinajstić information content (AvgIpc) is 3.01. The molecule has 3 aromatic rings. The monoisotopic (exact) mass is 223 g/mol. The van der Waals surface area contributed by atoms with Crippen molar-refractivity contribution in [2.24, 2.45) is 0 Å². The molecular weight excluding hydrogens is 218 g/mol. The van der Waals surface area contributed by atoms with Crippen molar-refractivity contribution in [2.75, 3.05) is 0 Å². The van der Waals surface area contributed by atoms with Crippen LogP contribution >= 0.6 is 0 Å². The Labute approximate surface area is 86.2 Å². The molecule has 0 fully saturated rings. The Morgan fingerprint density at radius 2 is 1.12 bits per heavy atom. The van der Waals surface area contributed by atoms with Gasteiger partial charge in [0.15, 0.2) is 11.4 Å². The Kier molecular flexibility index (Phi) is 2.31. The molecule has 0 unspecified atom stereocenters. The average molecular weight is 223 g/mol. The van der Waals surface area contributed by atoms with E-state index in [1.807, 2.05) is 0 Å². The van der Waals surface area contributed by atoms with Crippen LogP contribution in [0.25, 0.3) is 23.0 Å². The molecule has 16 heavy (non-hydrogen) atoms. The van der Waals surface area contributed by atoms with E-state index in [0.29, 0.717) is 23.0 Å². The molecule has 0 aliphatic carbocycles. The zero-order valence-corrected chi connectivity index (χ0v) is 7.58. The molecule has 3 rings (SSSR count). The van der Waals surface area contributed by atoms with E-state index >= 15 is 0 Å². The smallest absolute Gasteiger partial charge is 0.227 e. The molecule has 12 heteroatoms. The van der Waals surface area contributed by atoms with Gasteiger partial charge in [-0.25, -0.2) is 0 Å². The summed E-state index contributed by atoms with van der Waals surface area (Å²) < 4.78 is 0. The number of aromatic nitrogens is 11. The van der Waals surface area contributed by atoms with Crippen LogP contribution in [0, 0.1) is 0 Å². The van der Waals surface area contributed by atoms with E-state index in [2.05, 4.69) is 56.7 Å². The molecule has 0 aliphatic rings. The van der Waals surface area contributed by atoms with Gasteiger partial charge in [-0.1, -0.05) is 0 Å². The first-order valence-electron chi connectivity index (χ1n) is 3.83. The van der Waals surface area contributed by atoms with Gasteiger partial charge in [0.1, 0.15) is 0 Å². The third kappa shape index (κ3) is 1.38. The topological polar surface area (TPSA) is 182 Å². The lowest BCUT2D eigenvalue weighted by molar-refractivity contribution is 0.824. The zero-order chi connectivity index (χ0) is 10.1. The molecule has 0 aromatic carbocycles. The van der Waals surface area contributed by atoms with Crippen molar-refractivity contribution >= 4 is 0 Å². The van der Waals surface area contributed by atoms with Crippen LogP contribution in [0.1, 0.15) is 0 Å². The largest absolute Gasteiger partial charge is 0.412 e. The van der Waals surface area contributed by atoms with E-state index in [0.717, 1.165) is 0 Å². The van der Waals surface area contributed by atoms with Crippen molar-refractivity contribution in [1.82, 2.24) is 56.7 Å². The second-order valence-electron chi connectivity index (χ2n) is 2.49. The summed E-state index contributed by atoms with van der Waals surface area (Å²) in [5.41, 5.74) is 0.815. The maximum absolute atomic E-state index is 3.87. The maximum atomic E-state index is 3.87. The summed E-state index contributed by atoms with van der Waals surface area (Å²) in [5, 5.41) is 36.7. The van der Waals surface area contributed by atoms with Gasteiger partial charge in [-0.15, -0.1) is 20.4 Å². The first kappa shape index (κ1) is 9.78. The summed E-state index contributed by atoms with van der Waals surface area (Å²) in [6, 6.07) is 0. The molecule has 0 spiro atoms. The van der Waals surface area contributed by atoms with E-state index in [-0.39, 0.29) is 5.48 Å². The highest BCUT2D eigenvalue weighted by molar-refractivity contribution is 5.68. The van der Waals surface area contributed by atoms with Gasteiger partial charge in [-0.3, -0.25) is 0 Å². The van der Waals surface area contributed by atoms with Crippen LogP contribution in [0.4, 0.5) is 0 Å². The minimum Gasteiger partial charge on any atom is -0.412 e. The number of nitrogens with zero attached hydrogens (tertiary/aromatic N) is 8. The van der Waals surface area contributed by atoms with Gasteiger partial charge >= 0.3 is 0 Å². The fourth-order valence-electron chi connectivity index (χ4n) is 1.07. The highest BCUT2D eigenvalue weighted by Gasteiger charge is 2.18. The Hall–Kier alpha value is -2.76. The van der Waals surface area contributed by atoms with Crippen molar-refractivity contribution in [3.8, 4) is 23.0 Å². The molecule has 3 aromatic heterocycles. The fraction of sp³-hybridized carbons (Fsp3) is 0. The molecule has 0 radical (unpaired) electrons. The van der Waals surface area contributed by atoms with Crippen molar-refractivity contribution in [3.05, 3.63) is 0 Å². The van der Waals surface area contributed by atoms with Crippen LogP contribution in [-0.4, -0.2) is 62.1 Å². The summed E-state index contributed by atoms with van der Waals surface area (Å²) in [6.07, 6.45) is 0. The summed E-state index contributed by atoms with van der Waals surface area (Å²) in [5.74, 6) is 0.618. The van der Waals surface area contributed by atoms with Gasteiger partial charge < -0.3 is 5.48 Å². The van der Waals surface area contributed by atoms with Gasteiger partial charge in [0.05, 0.1) is 0 Å². The number of hydrogen-bond acceptors (Lipinski definition) is 8. The van der Waals surface area contributed by atoms with E-state index in [1.54, 1.807) is 0 Å². The normalized spacial score (nSPS) is 10.0. The van der Waals surface area contributed by atoms with Crippen LogP contribution in [0.3, 0.4) is 0 Å². The third-order valence-corrected chi connectivity index (χ3v) is 1.66. The zero-order valence-electron chi connectivity index (χ0n) is 7.58. The molecule has 12 nitrogen and oxygen atoms in total. The first-order valence-corrected chi connectivity index (χ1v) is 3.83. The molecule has 0 atom stereocenters. The van der Waals surface area contributed by atoms with Crippen LogP contribution in [0.2, 0.25) is 0 Å². The molecule has 0 bridgehead atoms. The molecule has 5 N–H and O–H groups in total. The molecule has 0 saturated heterocycles. The summed E-state index contributed by atoms with van der Waals surface area (Å²) in [7, 11) is 0. The van der Waals surface area contributed by atoms with Crippen molar-refractivity contribution in [3.63, 3.8) is 0 Å². The molecular formula is C4H5N11O. The quantitative estimate of drug-likeness (QED) is 0.420. The van der Waals surface area contributed by atoms with E-state index < -0.39 is 0 Å². The van der Waals surface area contributed by atoms with Gasteiger partial charge in [-0.05, 0) is 10.4 Å². The number of nitrogens with one attached hydrogen (secondary N) is 3. The SMILES string of the molecule is O.n1nc(-c2n[nH]nc2-c2nn[nH]n2)n[nH]1. The first-order chi connectivity index (χ1) is 7.45. The minimum absolute atomic E-state index is 0. The summed E-state index contributed by atoms with van der Waals surface area (Å²) >= 11 is 0.